The minimum absolute atomic E-state index is 0.116. The molecule has 0 atom stereocenters. The molecule has 1 aromatic carbocycles. The maximum atomic E-state index is 11.9. The average Bonchev–Trinajstić information content (AvgIpc) is 2.82. The van der Waals surface area contributed by atoms with Crippen LogP contribution >= 0.6 is 11.3 Å². The van der Waals surface area contributed by atoms with Crippen molar-refractivity contribution in [3.05, 3.63) is 40.9 Å². The van der Waals surface area contributed by atoms with Crippen LogP contribution in [-0.2, 0) is 17.6 Å². The second-order valence-electron chi connectivity index (χ2n) is 4.43. The summed E-state index contributed by atoms with van der Waals surface area (Å²) in [6, 6.07) is 7.63. The van der Waals surface area contributed by atoms with Crippen molar-refractivity contribution in [2.75, 3.05) is 17.7 Å². The molecule has 5 nitrogen and oxygen atoms in total. The van der Waals surface area contributed by atoms with E-state index in [1.165, 1.54) is 11.3 Å². The van der Waals surface area contributed by atoms with Gasteiger partial charge in [0.15, 0.2) is 5.13 Å². The molecule has 0 fully saturated rings. The zero-order valence-electron chi connectivity index (χ0n) is 11.0. The van der Waals surface area contributed by atoms with Crippen molar-refractivity contribution in [2.45, 2.75) is 19.3 Å². The standard InChI is InChI=1S/C14H17N3O2S/c15-14-17-12(9-20-14)8-13(19)16-11-5-1-3-10(7-11)4-2-6-18/h1,3,5,7,9,18H,2,4,6,8H2,(H2,15,17)(H,16,19). The number of rotatable bonds is 6. The van der Waals surface area contributed by atoms with Crippen LogP contribution in [0, 0.1) is 0 Å². The van der Waals surface area contributed by atoms with E-state index < -0.39 is 0 Å². The highest BCUT2D eigenvalue weighted by Gasteiger charge is 2.07. The third-order valence-electron chi connectivity index (χ3n) is 2.75. The van der Waals surface area contributed by atoms with Gasteiger partial charge in [-0.05, 0) is 30.5 Å². The number of thiazole rings is 1. The van der Waals surface area contributed by atoms with Gasteiger partial charge in [-0.1, -0.05) is 12.1 Å². The highest BCUT2D eigenvalue weighted by atomic mass is 32.1. The van der Waals surface area contributed by atoms with Gasteiger partial charge < -0.3 is 16.2 Å². The summed E-state index contributed by atoms with van der Waals surface area (Å²) in [4.78, 5) is 15.9. The lowest BCUT2D eigenvalue weighted by Crippen LogP contribution is -2.14. The first-order valence-electron chi connectivity index (χ1n) is 6.37. The van der Waals surface area contributed by atoms with Gasteiger partial charge in [0, 0.05) is 17.7 Å². The van der Waals surface area contributed by atoms with Crippen molar-refractivity contribution in [1.29, 1.82) is 0 Å². The molecule has 0 saturated carbocycles. The molecule has 2 aromatic rings. The van der Waals surface area contributed by atoms with E-state index in [2.05, 4.69) is 10.3 Å². The Morgan fingerprint density at radius 3 is 3.00 bits per heavy atom. The normalized spacial score (nSPS) is 10.4. The number of nitrogens with zero attached hydrogens (tertiary/aromatic N) is 1. The van der Waals surface area contributed by atoms with Crippen LogP contribution in [0.15, 0.2) is 29.6 Å². The fraction of sp³-hybridized carbons (Fsp3) is 0.286. The maximum Gasteiger partial charge on any atom is 0.230 e. The summed E-state index contributed by atoms with van der Waals surface area (Å²) in [7, 11) is 0. The predicted molar refractivity (Wildman–Crippen MR) is 80.7 cm³/mol. The number of nitrogens with two attached hydrogens (primary N) is 1. The third kappa shape index (κ3) is 4.32. The Morgan fingerprint density at radius 1 is 1.45 bits per heavy atom. The number of hydrogen-bond donors (Lipinski definition) is 3. The first-order valence-corrected chi connectivity index (χ1v) is 7.25. The van der Waals surface area contributed by atoms with Crippen molar-refractivity contribution in [3.8, 4) is 0 Å². The van der Waals surface area contributed by atoms with E-state index in [4.69, 9.17) is 10.8 Å². The van der Waals surface area contributed by atoms with E-state index in [0.717, 1.165) is 24.1 Å². The lowest BCUT2D eigenvalue weighted by Gasteiger charge is -2.06. The molecular weight excluding hydrogens is 274 g/mol. The minimum Gasteiger partial charge on any atom is -0.396 e. The monoisotopic (exact) mass is 291 g/mol. The van der Waals surface area contributed by atoms with Crippen molar-refractivity contribution in [3.63, 3.8) is 0 Å². The number of aliphatic hydroxyl groups is 1. The van der Waals surface area contributed by atoms with Gasteiger partial charge in [-0.3, -0.25) is 4.79 Å². The topological polar surface area (TPSA) is 88.2 Å². The molecule has 0 unspecified atom stereocenters. The van der Waals surface area contributed by atoms with Gasteiger partial charge in [0.2, 0.25) is 5.91 Å². The molecule has 0 aliphatic rings. The Bertz CT molecular complexity index is 583. The van der Waals surface area contributed by atoms with Crippen LogP contribution in [0.3, 0.4) is 0 Å². The number of anilines is 2. The smallest absolute Gasteiger partial charge is 0.230 e. The minimum atomic E-state index is -0.116. The van der Waals surface area contributed by atoms with Crippen LogP contribution in [0.2, 0.25) is 0 Å². The van der Waals surface area contributed by atoms with Gasteiger partial charge in [-0.15, -0.1) is 11.3 Å². The van der Waals surface area contributed by atoms with E-state index in [1.807, 2.05) is 24.3 Å². The van der Waals surface area contributed by atoms with Gasteiger partial charge in [0.1, 0.15) is 0 Å². The summed E-state index contributed by atoms with van der Waals surface area (Å²) >= 11 is 1.33. The lowest BCUT2D eigenvalue weighted by molar-refractivity contribution is -0.115. The van der Waals surface area contributed by atoms with Gasteiger partial charge in [0.05, 0.1) is 12.1 Å². The fourth-order valence-electron chi connectivity index (χ4n) is 1.86. The summed E-state index contributed by atoms with van der Waals surface area (Å²) in [5, 5.41) is 13.9. The molecule has 4 N–H and O–H groups in total. The Hall–Kier alpha value is -1.92. The van der Waals surface area contributed by atoms with Crippen molar-refractivity contribution < 1.29 is 9.90 Å². The number of benzene rings is 1. The number of nitrogens with one attached hydrogen (secondary N) is 1. The number of amides is 1. The van der Waals surface area contributed by atoms with Gasteiger partial charge in [0.25, 0.3) is 0 Å². The van der Waals surface area contributed by atoms with Crippen LogP contribution in [0.1, 0.15) is 17.7 Å². The van der Waals surface area contributed by atoms with Crippen LogP contribution in [0.4, 0.5) is 10.8 Å². The molecule has 0 aliphatic heterocycles. The lowest BCUT2D eigenvalue weighted by atomic mass is 10.1. The molecule has 0 saturated heterocycles. The zero-order valence-corrected chi connectivity index (χ0v) is 11.8. The number of aryl methyl sites for hydroxylation is 1. The molecular formula is C14H17N3O2S. The quantitative estimate of drug-likeness (QED) is 0.757. The molecule has 20 heavy (non-hydrogen) atoms. The summed E-state index contributed by atoms with van der Waals surface area (Å²) in [6.07, 6.45) is 1.73. The van der Waals surface area contributed by atoms with Gasteiger partial charge >= 0.3 is 0 Å². The predicted octanol–water partition coefficient (Wildman–Crippen LogP) is 1.83. The largest absolute Gasteiger partial charge is 0.396 e. The molecule has 2 rings (SSSR count). The Labute approximate surface area is 121 Å². The van der Waals surface area contributed by atoms with Crippen LogP contribution in [-0.4, -0.2) is 22.6 Å². The Morgan fingerprint density at radius 2 is 2.30 bits per heavy atom. The molecule has 0 aliphatic carbocycles. The second-order valence-corrected chi connectivity index (χ2v) is 5.32. The number of carbonyl (C=O) groups excluding carboxylic acids is 1. The summed E-state index contributed by atoms with van der Waals surface area (Å²) in [5.41, 5.74) is 8.06. The van der Waals surface area contributed by atoms with E-state index in [9.17, 15) is 4.79 Å². The van der Waals surface area contributed by atoms with Crippen molar-refractivity contribution in [1.82, 2.24) is 4.98 Å². The summed E-state index contributed by atoms with van der Waals surface area (Å²) in [6.45, 7) is 0.168. The van der Waals surface area contributed by atoms with Crippen molar-refractivity contribution in [2.24, 2.45) is 0 Å². The van der Waals surface area contributed by atoms with E-state index in [0.29, 0.717) is 10.8 Å². The number of aliphatic hydroxyl groups excluding tert-OH is 1. The second kappa shape index (κ2) is 7.02. The molecule has 106 valence electrons. The zero-order chi connectivity index (χ0) is 14.4. The van der Waals surface area contributed by atoms with E-state index in [-0.39, 0.29) is 18.9 Å². The number of aromatic nitrogens is 1. The SMILES string of the molecule is Nc1nc(CC(=O)Nc2cccc(CCCO)c2)cs1. The summed E-state index contributed by atoms with van der Waals surface area (Å²) in [5.74, 6) is -0.116. The third-order valence-corrected chi connectivity index (χ3v) is 3.47. The fourth-order valence-corrected chi connectivity index (χ4v) is 2.42. The number of hydrogen-bond acceptors (Lipinski definition) is 5. The van der Waals surface area contributed by atoms with Gasteiger partial charge in [-0.25, -0.2) is 4.98 Å². The van der Waals surface area contributed by atoms with E-state index in [1.54, 1.807) is 5.38 Å². The molecule has 1 aromatic heterocycles. The molecule has 0 spiro atoms. The van der Waals surface area contributed by atoms with Gasteiger partial charge in [-0.2, -0.15) is 0 Å². The first-order chi connectivity index (χ1) is 9.67. The highest BCUT2D eigenvalue weighted by molar-refractivity contribution is 7.13. The first kappa shape index (κ1) is 14.5. The molecule has 0 bridgehead atoms. The molecule has 0 radical (unpaired) electrons. The Balaban J connectivity index is 1.93. The van der Waals surface area contributed by atoms with E-state index >= 15 is 0 Å². The summed E-state index contributed by atoms with van der Waals surface area (Å²) < 4.78 is 0. The van der Waals surface area contributed by atoms with Crippen LogP contribution < -0.4 is 11.1 Å². The van der Waals surface area contributed by atoms with Crippen LogP contribution in [0.25, 0.3) is 0 Å². The maximum absolute atomic E-state index is 11.9. The molecule has 1 amide bonds. The Kier molecular flexibility index (Phi) is 5.09. The average molecular weight is 291 g/mol. The molecule has 6 heteroatoms. The van der Waals surface area contributed by atoms with Crippen LogP contribution in [0.5, 0.6) is 0 Å². The highest BCUT2D eigenvalue weighted by Crippen LogP contribution is 2.14. The number of nitrogen functional groups attached to an aromatic ring is 1. The number of carbonyl (C=O) groups is 1. The molecule has 1 heterocycles. The van der Waals surface area contributed by atoms with Crippen molar-refractivity contribution >= 4 is 28.1 Å².